The van der Waals surface area contributed by atoms with E-state index in [4.69, 9.17) is 0 Å². The van der Waals surface area contributed by atoms with Crippen LogP contribution in [0.1, 0.15) is 44.0 Å². The zero-order valence-electron chi connectivity index (χ0n) is 13.1. The van der Waals surface area contributed by atoms with Gasteiger partial charge >= 0.3 is 5.97 Å². The van der Waals surface area contributed by atoms with Crippen LogP contribution < -0.4 is 5.32 Å². The lowest BCUT2D eigenvalue weighted by atomic mass is 9.70. The van der Waals surface area contributed by atoms with Crippen molar-refractivity contribution in [2.24, 2.45) is 16.7 Å². The molecule has 2 fully saturated rings. The molecule has 2 atom stereocenters. The molecule has 0 saturated heterocycles. The quantitative estimate of drug-likeness (QED) is 0.835. The van der Waals surface area contributed by atoms with Crippen molar-refractivity contribution in [2.75, 3.05) is 5.32 Å². The number of para-hydroxylation sites is 1. The lowest BCUT2D eigenvalue weighted by molar-refractivity contribution is -0.125. The van der Waals surface area contributed by atoms with Gasteiger partial charge in [-0.1, -0.05) is 32.9 Å². The van der Waals surface area contributed by atoms with Gasteiger partial charge in [-0.15, -0.1) is 0 Å². The van der Waals surface area contributed by atoms with E-state index in [1.165, 1.54) is 0 Å². The molecule has 2 aliphatic rings. The van der Waals surface area contributed by atoms with Crippen LogP contribution in [0.5, 0.6) is 0 Å². The molecule has 0 radical (unpaired) electrons. The first-order valence-corrected chi connectivity index (χ1v) is 7.63. The Kier molecular flexibility index (Phi) is 3.17. The summed E-state index contributed by atoms with van der Waals surface area (Å²) in [5.41, 5.74) is 1.20. The van der Waals surface area contributed by atoms with Crippen LogP contribution in [0.25, 0.3) is 0 Å². The molecule has 0 heterocycles. The lowest BCUT2D eigenvalue weighted by Gasteiger charge is -2.31. The van der Waals surface area contributed by atoms with E-state index in [1.807, 2.05) is 0 Å². The number of Topliss-reactive ketones (excluding diaryl/α,β-unsaturated/α-hetero) is 1. The highest BCUT2D eigenvalue weighted by molar-refractivity contribution is 6.05. The van der Waals surface area contributed by atoms with E-state index in [1.54, 1.807) is 30.5 Å². The van der Waals surface area contributed by atoms with E-state index in [0.29, 0.717) is 5.69 Å². The molecule has 1 aromatic rings. The molecular weight excluding hydrogens is 278 g/mol. The van der Waals surface area contributed by atoms with Gasteiger partial charge in [0.1, 0.15) is 0 Å². The minimum Gasteiger partial charge on any atom is -0.478 e. The van der Waals surface area contributed by atoms with Gasteiger partial charge < -0.3 is 10.4 Å². The van der Waals surface area contributed by atoms with Gasteiger partial charge in [-0.2, -0.15) is 0 Å². The molecule has 116 valence electrons. The summed E-state index contributed by atoms with van der Waals surface area (Å²) in [5, 5.41) is 12.3. The molecule has 0 amide bonds. The predicted octanol–water partition coefficient (Wildman–Crippen LogP) is 3.71. The Bertz CT molecular complexity index is 689. The minimum atomic E-state index is -0.979. The number of anilines is 1. The zero-order chi connectivity index (χ0) is 16.1. The molecule has 1 aromatic carbocycles. The van der Waals surface area contributed by atoms with Crippen molar-refractivity contribution in [3.05, 3.63) is 41.6 Å². The number of hydrogen-bond acceptors (Lipinski definition) is 3. The van der Waals surface area contributed by atoms with Crippen molar-refractivity contribution in [1.29, 1.82) is 0 Å². The van der Waals surface area contributed by atoms with Crippen LogP contribution in [0, 0.1) is 16.7 Å². The average Bonchev–Trinajstić information content (AvgIpc) is 2.78. The number of carboxylic acids is 1. The monoisotopic (exact) mass is 299 g/mol. The first kappa shape index (κ1) is 14.8. The van der Waals surface area contributed by atoms with Crippen LogP contribution in [-0.4, -0.2) is 16.9 Å². The van der Waals surface area contributed by atoms with Gasteiger partial charge in [0.05, 0.1) is 11.3 Å². The number of benzene rings is 1. The molecule has 22 heavy (non-hydrogen) atoms. The Balaban J connectivity index is 1.93. The summed E-state index contributed by atoms with van der Waals surface area (Å²) in [6.45, 7) is 6.38. The smallest absolute Gasteiger partial charge is 0.337 e. The molecule has 0 aliphatic heterocycles. The Hall–Kier alpha value is -2.10. The van der Waals surface area contributed by atoms with E-state index in [2.05, 4.69) is 26.1 Å². The number of allylic oxidation sites excluding steroid dienone is 1. The number of rotatable bonds is 3. The SMILES string of the molecule is CC1(C)[C@H]2CC[C@@]1(C)C(=O)C2=CNc1ccccc1C(=O)O. The number of carbonyl (C=O) groups is 2. The van der Waals surface area contributed by atoms with Gasteiger partial charge in [-0.25, -0.2) is 4.79 Å². The molecular formula is C18H21NO3. The van der Waals surface area contributed by atoms with Crippen molar-refractivity contribution in [3.63, 3.8) is 0 Å². The number of nitrogens with one attached hydrogen (secondary N) is 1. The van der Waals surface area contributed by atoms with Crippen molar-refractivity contribution in [3.8, 4) is 0 Å². The third-order valence-electron chi connectivity index (χ3n) is 5.91. The van der Waals surface area contributed by atoms with E-state index >= 15 is 0 Å². The predicted molar refractivity (Wildman–Crippen MR) is 84.7 cm³/mol. The highest BCUT2D eigenvalue weighted by Gasteiger charge is 2.63. The highest BCUT2D eigenvalue weighted by Crippen LogP contribution is 2.65. The topological polar surface area (TPSA) is 66.4 Å². The van der Waals surface area contributed by atoms with Gasteiger partial charge in [0.2, 0.25) is 0 Å². The second-order valence-corrected chi connectivity index (χ2v) is 7.07. The maximum Gasteiger partial charge on any atom is 0.337 e. The number of fused-ring (bicyclic) bond motifs is 2. The largest absolute Gasteiger partial charge is 0.478 e. The highest BCUT2D eigenvalue weighted by atomic mass is 16.4. The molecule has 2 saturated carbocycles. The van der Waals surface area contributed by atoms with Crippen molar-refractivity contribution >= 4 is 17.4 Å². The van der Waals surface area contributed by atoms with Gasteiger partial charge in [-0.3, -0.25) is 4.79 Å². The summed E-state index contributed by atoms with van der Waals surface area (Å²) < 4.78 is 0. The Labute approximate surface area is 130 Å². The minimum absolute atomic E-state index is 0.0378. The third-order valence-corrected chi connectivity index (χ3v) is 5.91. The molecule has 2 bridgehead atoms. The lowest BCUT2D eigenvalue weighted by Crippen LogP contribution is -2.32. The van der Waals surface area contributed by atoms with Crippen molar-refractivity contribution in [1.82, 2.24) is 0 Å². The maximum absolute atomic E-state index is 12.7. The zero-order valence-corrected chi connectivity index (χ0v) is 13.1. The molecule has 2 aliphatic carbocycles. The second-order valence-electron chi connectivity index (χ2n) is 7.07. The number of hydrogen-bond donors (Lipinski definition) is 2. The number of carbonyl (C=O) groups excluding carboxylic acids is 1. The average molecular weight is 299 g/mol. The third kappa shape index (κ3) is 1.83. The van der Waals surface area contributed by atoms with E-state index in [0.717, 1.165) is 18.4 Å². The van der Waals surface area contributed by atoms with Crippen LogP contribution in [-0.2, 0) is 4.79 Å². The molecule has 4 nitrogen and oxygen atoms in total. The summed E-state index contributed by atoms with van der Waals surface area (Å²) in [5.74, 6) is -0.531. The van der Waals surface area contributed by atoms with Gasteiger partial charge in [0.15, 0.2) is 5.78 Å². The van der Waals surface area contributed by atoms with Gasteiger partial charge in [-0.05, 0) is 36.3 Å². The Morgan fingerprint density at radius 1 is 1.32 bits per heavy atom. The summed E-state index contributed by atoms with van der Waals surface area (Å²) >= 11 is 0. The van der Waals surface area contributed by atoms with Crippen LogP contribution in [0.15, 0.2) is 36.0 Å². The molecule has 0 unspecified atom stereocenters. The molecule has 0 aromatic heterocycles. The molecule has 2 N–H and O–H groups in total. The Morgan fingerprint density at radius 3 is 2.59 bits per heavy atom. The van der Waals surface area contributed by atoms with E-state index < -0.39 is 5.97 Å². The van der Waals surface area contributed by atoms with Crippen LogP contribution >= 0.6 is 0 Å². The van der Waals surface area contributed by atoms with Gasteiger partial charge in [0, 0.05) is 17.2 Å². The normalized spacial score (nSPS) is 30.8. The molecule has 3 rings (SSSR count). The van der Waals surface area contributed by atoms with Gasteiger partial charge in [0.25, 0.3) is 0 Å². The first-order valence-electron chi connectivity index (χ1n) is 7.63. The fourth-order valence-corrected chi connectivity index (χ4v) is 4.04. The maximum atomic E-state index is 12.7. The first-order chi connectivity index (χ1) is 10.3. The summed E-state index contributed by atoms with van der Waals surface area (Å²) in [4.78, 5) is 24.0. The van der Waals surface area contributed by atoms with Crippen LogP contribution in [0.3, 0.4) is 0 Å². The number of aromatic carboxylic acids is 1. The van der Waals surface area contributed by atoms with Crippen molar-refractivity contribution in [2.45, 2.75) is 33.6 Å². The summed E-state index contributed by atoms with van der Waals surface area (Å²) in [7, 11) is 0. The number of ketones is 1. The van der Waals surface area contributed by atoms with Crippen LogP contribution in [0.2, 0.25) is 0 Å². The molecule has 4 heteroatoms. The second kappa shape index (κ2) is 4.70. The fraction of sp³-hybridized carbons (Fsp3) is 0.444. The number of carboxylic acid groups (broad SMARTS) is 1. The van der Waals surface area contributed by atoms with Crippen molar-refractivity contribution < 1.29 is 14.7 Å². The summed E-state index contributed by atoms with van der Waals surface area (Å²) in [6, 6.07) is 6.73. The van der Waals surface area contributed by atoms with E-state index in [-0.39, 0.29) is 28.1 Å². The summed E-state index contributed by atoms with van der Waals surface area (Å²) in [6.07, 6.45) is 3.68. The Morgan fingerprint density at radius 2 is 2.00 bits per heavy atom. The van der Waals surface area contributed by atoms with Crippen LogP contribution in [0.4, 0.5) is 5.69 Å². The molecule has 0 spiro atoms. The van der Waals surface area contributed by atoms with E-state index in [9.17, 15) is 14.7 Å². The standard InChI is InChI=1S/C18H21NO3/c1-17(2)13-8-9-18(17,3)15(20)12(13)10-19-14-7-5-4-6-11(14)16(21)22/h4-7,10,13,19H,8-9H2,1-3H3,(H,21,22)/t13-,18-/m0/s1. The fourth-order valence-electron chi connectivity index (χ4n) is 4.04.